The Bertz CT molecular complexity index is 696. The molecule has 0 aliphatic heterocycles. The second kappa shape index (κ2) is 8.72. The Kier molecular flexibility index (Phi) is 6.37. The third-order valence-electron chi connectivity index (χ3n) is 3.52. The molecule has 0 aromatic heterocycles. The standard InChI is InChI=1S/C19H22N2O3/c1-14-4-3-5-17(12-14)24-13-19(23)21-16-9-6-15(7-10-16)8-11-18(22)20-2/h3-7,9-10,12H,8,11,13H2,1-2H3,(H,20,22)(H,21,23). The summed E-state index contributed by atoms with van der Waals surface area (Å²) in [6, 6.07) is 15.0. The summed E-state index contributed by atoms with van der Waals surface area (Å²) in [6.07, 6.45) is 1.12. The highest BCUT2D eigenvalue weighted by atomic mass is 16.5. The predicted molar refractivity (Wildman–Crippen MR) is 94.1 cm³/mol. The number of amides is 2. The largest absolute Gasteiger partial charge is 0.484 e. The second-order valence-corrected chi connectivity index (χ2v) is 5.52. The summed E-state index contributed by atoms with van der Waals surface area (Å²) >= 11 is 0. The van der Waals surface area contributed by atoms with Gasteiger partial charge >= 0.3 is 0 Å². The molecule has 2 amide bonds. The first-order valence-corrected chi connectivity index (χ1v) is 7.85. The number of hydrogen-bond acceptors (Lipinski definition) is 3. The van der Waals surface area contributed by atoms with Gasteiger partial charge in [0.25, 0.3) is 5.91 Å². The fraction of sp³-hybridized carbons (Fsp3) is 0.263. The lowest BCUT2D eigenvalue weighted by Gasteiger charge is -2.09. The van der Waals surface area contributed by atoms with Crippen molar-refractivity contribution in [1.29, 1.82) is 0 Å². The van der Waals surface area contributed by atoms with E-state index < -0.39 is 0 Å². The van der Waals surface area contributed by atoms with E-state index in [4.69, 9.17) is 4.74 Å². The van der Waals surface area contributed by atoms with Gasteiger partial charge in [0.05, 0.1) is 0 Å². The minimum atomic E-state index is -0.213. The van der Waals surface area contributed by atoms with Crippen molar-refractivity contribution < 1.29 is 14.3 Å². The molecule has 0 aliphatic rings. The molecule has 126 valence electrons. The van der Waals surface area contributed by atoms with Crippen molar-refractivity contribution in [2.24, 2.45) is 0 Å². The second-order valence-electron chi connectivity index (χ2n) is 5.52. The number of benzene rings is 2. The van der Waals surface area contributed by atoms with Crippen molar-refractivity contribution in [3.05, 3.63) is 59.7 Å². The van der Waals surface area contributed by atoms with E-state index in [1.54, 1.807) is 7.05 Å². The maximum absolute atomic E-state index is 11.9. The molecule has 0 spiro atoms. The monoisotopic (exact) mass is 326 g/mol. The molecule has 2 N–H and O–H groups in total. The van der Waals surface area contributed by atoms with Gasteiger partial charge in [0, 0.05) is 19.2 Å². The van der Waals surface area contributed by atoms with Crippen LogP contribution in [0.25, 0.3) is 0 Å². The van der Waals surface area contributed by atoms with Crippen molar-refractivity contribution in [2.45, 2.75) is 19.8 Å². The number of carbonyl (C=O) groups excluding carboxylic acids is 2. The zero-order valence-electron chi connectivity index (χ0n) is 14.0. The lowest BCUT2D eigenvalue weighted by Crippen LogP contribution is -2.20. The molecular weight excluding hydrogens is 304 g/mol. The molecule has 2 aromatic rings. The predicted octanol–water partition coefficient (Wildman–Crippen LogP) is 2.69. The molecule has 0 saturated carbocycles. The molecule has 2 rings (SSSR count). The highest BCUT2D eigenvalue weighted by molar-refractivity contribution is 5.91. The Balaban J connectivity index is 1.80. The fourth-order valence-electron chi connectivity index (χ4n) is 2.19. The lowest BCUT2D eigenvalue weighted by molar-refractivity contribution is -0.120. The van der Waals surface area contributed by atoms with Crippen LogP contribution in [-0.4, -0.2) is 25.5 Å². The first-order chi connectivity index (χ1) is 11.6. The number of carbonyl (C=O) groups is 2. The summed E-state index contributed by atoms with van der Waals surface area (Å²) in [4.78, 5) is 23.1. The molecule has 0 atom stereocenters. The first kappa shape index (κ1) is 17.5. The van der Waals surface area contributed by atoms with Gasteiger partial charge in [0.1, 0.15) is 5.75 Å². The van der Waals surface area contributed by atoms with Gasteiger partial charge in [-0.25, -0.2) is 0 Å². The highest BCUT2D eigenvalue weighted by Crippen LogP contribution is 2.13. The molecule has 0 saturated heterocycles. The minimum Gasteiger partial charge on any atom is -0.484 e. The number of aryl methyl sites for hydroxylation is 2. The van der Waals surface area contributed by atoms with E-state index in [1.807, 2.05) is 55.5 Å². The van der Waals surface area contributed by atoms with E-state index >= 15 is 0 Å². The maximum Gasteiger partial charge on any atom is 0.262 e. The van der Waals surface area contributed by atoms with Crippen molar-refractivity contribution in [3.63, 3.8) is 0 Å². The van der Waals surface area contributed by atoms with Crippen LogP contribution in [0.1, 0.15) is 17.5 Å². The first-order valence-electron chi connectivity index (χ1n) is 7.85. The van der Waals surface area contributed by atoms with E-state index in [1.165, 1.54) is 0 Å². The van der Waals surface area contributed by atoms with E-state index in [0.29, 0.717) is 24.3 Å². The average molecular weight is 326 g/mol. The van der Waals surface area contributed by atoms with Gasteiger partial charge in [-0.3, -0.25) is 9.59 Å². The molecule has 5 heteroatoms. The molecule has 24 heavy (non-hydrogen) atoms. The zero-order chi connectivity index (χ0) is 17.4. The summed E-state index contributed by atoms with van der Waals surface area (Å²) in [5.74, 6) is 0.477. The van der Waals surface area contributed by atoms with Crippen molar-refractivity contribution in [1.82, 2.24) is 5.32 Å². The van der Waals surface area contributed by atoms with Crippen molar-refractivity contribution in [3.8, 4) is 5.75 Å². The average Bonchev–Trinajstić information content (AvgIpc) is 2.59. The van der Waals surface area contributed by atoms with Gasteiger partial charge in [-0.05, 0) is 48.7 Å². The van der Waals surface area contributed by atoms with Crippen molar-refractivity contribution >= 4 is 17.5 Å². The van der Waals surface area contributed by atoms with E-state index in [2.05, 4.69) is 10.6 Å². The van der Waals surface area contributed by atoms with Gasteiger partial charge in [-0.2, -0.15) is 0 Å². The molecule has 0 heterocycles. The van der Waals surface area contributed by atoms with E-state index in [0.717, 1.165) is 11.1 Å². The molecule has 5 nitrogen and oxygen atoms in total. The van der Waals surface area contributed by atoms with Crippen LogP contribution in [0.3, 0.4) is 0 Å². The third-order valence-corrected chi connectivity index (χ3v) is 3.52. The van der Waals surface area contributed by atoms with Gasteiger partial charge in [-0.1, -0.05) is 24.3 Å². The lowest BCUT2D eigenvalue weighted by atomic mass is 10.1. The SMILES string of the molecule is CNC(=O)CCc1ccc(NC(=O)COc2cccc(C)c2)cc1. The maximum atomic E-state index is 11.9. The topological polar surface area (TPSA) is 67.4 Å². The third kappa shape index (κ3) is 5.76. The van der Waals surface area contributed by atoms with Gasteiger partial charge in [0.2, 0.25) is 5.91 Å². The van der Waals surface area contributed by atoms with Gasteiger partial charge in [-0.15, -0.1) is 0 Å². The Morgan fingerprint density at radius 1 is 1.04 bits per heavy atom. The molecule has 0 fully saturated rings. The Morgan fingerprint density at radius 3 is 2.46 bits per heavy atom. The minimum absolute atomic E-state index is 0.0145. The summed E-state index contributed by atoms with van der Waals surface area (Å²) in [7, 11) is 1.62. The molecule has 0 aliphatic carbocycles. The molecule has 0 bridgehead atoms. The highest BCUT2D eigenvalue weighted by Gasteiger charge is 2.05. The van der Waals surface area contributed by atoms with Crippen LogP contribution in [0.5, 0.6) is 5.75 Å². The number of nitrogens with one attached hydrogen (secondary N) is 2. The van der Waals surface area contributed by atoms with Crippen LogP contribution in [0.15, 0.2) is 48.5 Å². The van der Waals surface area contributed by atoms with Crippen LogP contribution >= 0.6 is 0 Å². The van der Waals surface area contributed by atoms with Crippen LogP contribution in [-0.2, 0) is 16.0 Å². The molecule has 0 radical (unpaired) electrons. The number of hydrogen-bond donors (Lipinski definition) is 2. The van der Waals surface area contributed by atoms with Crippen LogP contribution in [0, 0.1) is 6.92 Å². The van der Waals surface area contributed by atoms with Gasteiger partial charge < -0.3 is 15.4 Å². The summed E-state index contributed by atoms with van der Waals surface area (Å²) in [6.45, 7) is 1.93. The number of rotatable bonds is 7. The molecule has 0 unspecified atom stereocenters. The molecule has 2 aromatic carbocycles. The van der Waals surface area contributed by atoms with E-state index in [-0.39, 0.29) is 18.4 Å². The molecular formula is C19H22N2O3. The number of ether oxygens (including phenoxy) is 1. The Morgan fingerprint density at radius 2 is 1.79 bits per heavy atom. The Labute approximate surface area is 142 Å². The van der Waals surface area contributed by atoms with Crippen LogP contribution in [0.4, 0.5) is 5.69 Å². The van der Waals surface area contributed by atoms with Crippen molar-refractivity contribution in [2.75, 3.05) is 19.0 Å². The summed E-state index contributed by atoms with van der Waals surface area (Å²) in [5, 5.41) is 5.38. The normalized spacial score (nSPS) is 10.1. The summed E-state index contributed by atoms with van der Waals surface area (Å²) in [5.41, 5.74) is 2.84. The fourth-order valence-corrected chi connectivity index (χ4v) is 2.19. The van der Waals surface area contributed by atoms with Gasteiger partial charge in [0.15, 0.2) is 6.61 Å². The number of anilines is 1. The van der Waals surface area contributed by atoms with E-state index in [9.17, 15) is 9.59 Å². The quantitative estimate of drug-likeness (QED) is 0.822. The smallest absolute Gasteiger partial charge is 0.262 e. The Hall–Kier alpha value is -2.82. The zero-order valence-corrected chi connectivity index (χ0v) is 14.0. The van der Waals surface area contributed by atoms with Crippen LogP contribution in [0.2, 0.25) is 0 Å². The summed E-state index contributed by atoms with van der Waals surface area (Å²) < 4.78 is 5.47. The van der Waals surface area contributed by atoms with Crippen LogP contribution < -0.4 is 15.4 Å².